The second kappa shape index (κ2) is 13.6. The summed E-state index contributed by atoms with van der Waals surface area (Å²) in [6, 6.07) is 8.70. The molecule has 0 aliphatic heterocycles. The largest absolute Gasteiger partial charge is 0.493 e. The van der Waals surface area contributed by atoms with Crippen LogP contribution in [0.25, 0.3) is 0 Å². The molecule has 0 bridgehead atoms. The van der Waals surface area contributed by atoms with Crippen LogP contribution in [0.15, 0.2) is 36.4 Å². The molecule has 214 valence electrons. The maximum absolute atomic E-state index is 13.9. The highest BCUT2D eigenvalue weighted by Gasteiger charge is 2.33. The number of hydrogen-bond acceptors (Lipinski definition) is 6. The van der Waals surface area contributed by atoms with Crippen molar-refractivity contribution in [3.8, 4) is 11.5 Å². The fourth-order valence-corrected chi connectivity index (χ4v) is 6.02. The van der Waals surface area contributed by atoms with E-state index in [1.54, 1.807) is 24.3 Å². The molecule has 39 heavy (non-hydrogen) atoms. The van der Waals surface area contributed by atoms with Crippen LogP contribution in [0.1, 0.15) is 44.6 Å². The highest BCUT2D eigenvalue weighted by atomic mass is 35.5. The van der Waals surface area contributed by atoms with Gasteiger partial charge in [-0.3, -0.25) is 13.9 Å². The van der Waals surface area contributed by atoms with Crippen LogP contribution in [0.3, 0.4) is 0 Å². The number of carbonyl (C=O) groups excluding carboxylic acids is 2. The van der Waals surface area contributed by atoms with Crippen molar-refractivity contribution in [3.63, 3.8) is 0 Å². The van der Waals surface area contributed by atoms with Crippen LogP contribution in [0.4, 0.5) is 5.69 Å². The van der Waals surface area contributed by atoms with Gasteiger partial charge >= 0.3 is 0 Å². The van der Waals surface area contributed by atoms with Gasteiger partial charge in [-0.05, 0) is 49.1 Å². The molecule has 2 aromatic carbocycles. The molecule has 0 aromatic heterocycles. The number of amides is 2. The van der Waals surface area contributed by atoms with Gasteiger partial charge in [0.1, 0.15) is 12.6 Å². The molecule has 3 rings (SSSR count). The second-order valence-corrected chi connectivity index (χ2v) is 12.2. The number of ether oxygens (including phenoxy) is 2. The second-order valence-electron chi connectivity index (χ2n) is 9.48. The van der Waals surface area contributed by atoms with Crippen molar-refractivity contribution in [3.05, 3.63) is 52.0 Å². The van der Waals surface area contributed by atoms with Crippen LogP contribution in [-0.2, 0) is 26.2 Å². The van der Waals surface area contributed by atoms with Gasteiger partial charge in [-0.1, -0.05) is 49.0 Å². The number of rotatable bonds is 12. The molecule has 0 radical (unpaired) electrons. The van der Waals surface area contributed by atoms with Gasteiger partial charge in [0, 0.05) is 28.7 Å². The lowest BCUT2D eigenvalue weighted by molar-refractivity contribution is -0.140. The number of benzene rings is 2. The number of nitrogens with zero attached hydrogens (tertiary/aromatic N) is 2. The minimum absolute atomic E-state index is 0.00500. The van der Waals surface area contributed by atoms with Gasteiger partial charge in [0.15, 0.2) is 11.5 Å². The van der Waals surface area contributed by atoms with E-state index >= 15 is 0 Å². The molecule has 1 aliphatic rings. The number of anilines is 1. The van der Waals surface area contributed by atoms with Gasteiger partial charge in [-0.15, -0.1) is 0 Å². The van der Waals surface area contributed by atoms with E-state index < -0.39 is 28.5 Å². The molecule has 2 aromatic rings. The number of halogens is 2. The monoisotopic (exact) mass is 599 g/mol. The van der Waals surface area contributed by atoms with E-state index in [2.05, 4.69) is 5.32 Å². The number of hydrogen-bond donors (Lipinski definition) is 1. The van der Waals surface area contributed by atoms with E-state index in [0.717, 1.165) is 36.2 Å². The Kier molecular flexibility index (Phi) is 10.7. The van der Waals surface area contributed by atoms with Crippen molar-refractivity contribution in [1.29, 1.82) is 0 Å². The highest BCUT2D eigenvalue weighted by Crippen LogP contribution is 2.33. The lowest BCUT2D eigenvalue weighted by Gasteiger charge is -2.33. The summed E-state index contributed by atoms with van der Waals surface area (Å²) in [7, 11) is -1.00. The minimum atomic E-state index is -3.90. The third kappa shape index (κ3) is 7.93. The van der Waals surface area contributed by atoms with Crippen molar-refractivity contribution < 1.29 is 27.5 Å². The molecule has 9 nitrogen and oxygen atoms in total. The van der Waals surface area contributed by atoms with Gasteiger partial charge in [-0.25, -0.2) is 8.42 Å². The summed E-state index contributed by atoms with van der Waals surface area (Å²) in [5.74, 6) is -0.118. The quantitative estimate of drug-likeness (QED) is 0.381. The molecule has 12 heteroatoms. The Labute approximate surface area is 240 Å². The molecular formula is C27H35Cl2N3O6S. The first-order chi connectivity index (χ1) is 18.5. The first kappa shape index (κ1) is 30.8. The number of nitrogens with one attached hydrogen (secondary N) is 1. The highest BCUT2D eigenvalue weighted by molar-refractivity contribution is 7.92. The lowest BCUT2D eigenvalue weighted by atomic mass is 10.1. The Morgan fingerprint density at radius 1 is 1.05 bits per heavy atom. The zero-order valence-electron chi connectivity index (χ0n) is 22.6. The zero-order valence-corrected chi connectivity index (χ0v) is 24.9. The van der Waals surface area contributed by atoms with E-state index in [4.69, 9.17) is 32.7 Å². The molecule has 1 aliphatic carbocycles. The molecule has 2 amide bonds. The fourth-order valence-electron chi connectivity index (χ4n) is 4.71. The Bertz CT molecular complexity index is 1280. The molecule has 1 saturated carbocycles. The third-order valence-electron chi connectivity index (χ3n) is 6.78. The lowest BCUT2D eigenvalue weighted by Crippen LogP contribution is -2.53. The average molecular weight is 601 g/mol. The maximum atomic E-state index is 13.9. The van der Waals surface area contributed by atoms with Crippen LogP contribution in [0, 0.1) is 0 Å². The third-order valence-corrected chi connectivity index (χ3v) is 8.51. The topological polar surface area (TPSA) is 105 Å². The van der Waals surface area contributed by atoms with Crippen molar-refractivity contribution in [2.24, 2.45) is 0 Å². The Hall–Kier alpha value is -2.69. The Morgan fingerprint density at radius 2 is 1.72 bits per heavy atom. The van der Waals surface area contributed by atoms with E-state index in [-0.39, 0.29) is 24.2 Å². The summed E-state index contributed by atoms with van der Waals surface area (Å²) in [4.78, 5) is 28.7. The normalized spacial score (nSPS) is 14.5. The maximum Gasteiger partial charge on any atom is 0.244 e. The summed E-state index contributed by atoms with van der Waals surface area (Å²) in [6.45, 7) is 1.27. The first-order valence-electron chi connectivity index (χ1n) is 12.7. The smallest absolute Gasteiger partial charge is 0.244 e. The minimum Gasteiger partial charge on any atom is -0.493 e. The van der Waals surface area contributed by atoms with Gasteiger partial charge in [0.05, 0.1) is 26.2 Å². The number of methoxy groups -OCH3 is 2. The zero-order chi connectivity index (χ0) is 28.7. The van der Waals surface area contributed by atoms with E-state index in [0.29, 0.717) is 33.5 Å². The van der Waals surface area contributed by atoms with Gasteiger partial charge < -0.3 is 19.7 Å². The van der Waals surface area contributed by atoms with E-state index in [1.165, 1.54) is 31.3 Å². The summed E-state index contributed by atoms with van der Waals surface area (Å²) >= 11 is 12.5. The molecule has 0 heterocycles. The Balaban J connectivity index is 1.98. The fraction of sp³-hybridized carbons (Fsp3) is 0.481. The standard InChI is InChI=1S/C27H35Cl2N3O6S/c1-5-23(27(34)30-20-8-6-7-9-20)31(16-18-10-11-19(28)14-22(18)29)26(33)17-32(39(4,35)36)21-12-13-24(37-2)25(15-21)38-3/h10-15,20,23H,5-9,16-17H2,1-4H3,(H,30,34)/t23-/m0/s1. The molecule has 1 atom stereocenters. The number of sulfonamides is 1. The number of carbonyl (C=O) groups is 2. The van der Waals surface area contributed by atoms with Crippen LogP contribution < -0.4 is 19.1 Å². The summed E-state index contributed by atoms with van der Waals surface area (Å²) in [6.07, 6.45) is 5.20. The van der Waals surface area contributed by atoms with Crippen LogP contribution in [0.5, 0.6) is 11.5 Å². The van der Waals surface area contributed by atoms with Crippen molar-refractivity contribution in [1.82, 2.24) is 10.2 Å². The van der Waals surface area contributed by atoms with E-state index in [9.17, 15) is 18.0 Å². The van der Waals surface area contributed by atoms with Gasteiger partial charge in [0.25, 0.3) is 0 Å². The van der Waals surface area contributed by atoms with Crippen LogP contribution >= 0.6 is 23.2 Å². The van der Waals surface area contributed by atoms with Gasteiger partial charge in [0.2, 0.25) is 21.8 Å². The Morgan fingerprint density at radius 3 is 2.28 bits per heavy atom. The van der Waals surface area contributed by atoms with Crippen molar-refractivity contribution in [2.75, 3.05) is 31.3 Å². The predicted molar refractivity (Wildman–Crippen MR) is 153 cm³/mol. The van der Waals surface area contributed by atoms with Crippen molar-refractivity contribution >= 4 is 50.7 Å². The molecule has 1 fully saturated rings. The van der Waals surface area contributed by atoms with Crippen molar-refractivity contribution in [2.45, 2.75) is 57.7 Å². The molecule has 1 N–H and O–H groups in total. The molecule has 0 saturated heterocycles. The summed E-state index contributed by atoms with van der Waals surface area (Å²) in [5, 5.41) is 3.84. The molecular weight excluding hydrogens is 565 g/mol. The summed E-state index contributed by atoms with van der Waals surface area (Å²) in [5.41, 5.74) is 0.801. The molecule has 0 unspecified atom stereocenters. The predicted octanol–water partition coefficient (Wildman–Crippen LogP) is 4.64. The average Bonchev–Trinajstić information content (AvgIpc) is 3.40. The van der Waals surface area contributed by atoms with Gasteiger partial charge in [-0.2, -0.15) is 0 Å². The first-order valence-corrected chi connectivity index (χ1v) is 15.3. The van der Waals surface area contributed by atoms with E-state index in [1.807, 2.05) is 6.92 Å². The SMILES string of the molecule is CC[C@@H](C(=O)NC1CCCC1)N(Cc1ccc(Cl)cc1Cl)C(=O)CN(c1ccc(OC)c(OC)c1)S(C)(=O)=O. The summed E-state index contributed by atoms with van der Waals surface area (Å²) < 4.78 is 37.3. The molecule has 0 spiro atoms. The van der Waals surface area contributed by atoms with Crippen LogP contribution in [0.2, 0.25) is 10.0 Å². The van der Waals surface area contributed by atoms with Crippen LogP contribution in [-0.4, -0.2) is 64.2 Å².